The number of nitrogens with zero attached hydrogens (tertiary/aromatic N) is 2. The largest absolute Gasteiger partial charge is 0.366 e. The number of H-pyrrole nitrogens is 2. The molecule has 9 rings (SSSR count). The molecule has 7 aromatic rings. The number of nitrogens with one attached hydrogen (secondary N) is 2. The van der Waals surface area contributed by atoms with Gasteiger partial charge < -0.3 is 32.9 Å². The standard InChI is InChI=1S/C48H34N8O4/c49-45(57)29-9-1-5-25(21-29)41-33-13-15-35(53-33)42(26-6-2-10-30(22-26)46(50)58)37-17-19-39(55-37)44(28-8-4-12-32(24-28)48(52)60)40-20-18-38(56-40)43(36-16-14-34(41)54-36)27-7-3-11-31(23-27)47(51)59/h1-24,53,56H,(H2,49,57)(H2,50,58)(H2,51,59)(H2,52,60). The smallest absolute Gasteiger partial charge is 0.248 e. The molecule has 5 heterocycles. The zero-order valence-electron chi connectivity index (χ0n) is 31.7. The fourth-order valence-electron chi connectivity index (χ4n) is 7.73. The lowest BCUT2D eigenvalue weighted by Crippen LogP contribution is -2.10. The van der Waals surface area contributed by atoms with Gasteiger partial charge in [-0.15, -0.1) is 0 Å². The lowest BCUT2D eigenvalue weighted by molar-refractivity contribution is 0.0992. The van der Waals surface area contributed by atoms with E-state index in [0.29, 0.717) is 112 Å². The highest BCUT2D eigenvalue weighted by Gasteiger charge is 2.20. The molecule has 4 amide bonds. The number of hydrogen-bond donors (Lipinski definition) is 6. The number of aromatic nitrogens is 4. The number of rotatable bonds is 8. The van der Waals surface area contributed by atoms with Gasteiger partial charge >= 0.3 is 0 Å². The van der Waals surface area contributed by atoms with E-state index in [2.05, 4.69) is 9.97 Å². The summed E-state index contributed by atoms with van der Waals surface area (Å²) in [6.45, 7) is 0. The van der Waals surface area contributed by atoms with Gasteiger partial charge in [0.2, 0.25) is 23.6 Å². The first-order valence-electron chi connectivity index (χ1n) is 18.8. The predicted molar refractivity (Wildman–Crippen MR) is 235 cm³/mol. The molecule has 10 N–H and O–H groups in total. The van der Waals surface area contributed by atoms with Crippen molar-refractivity contribution in [1.29, 1.82) is 0 Å². The molecule has 290 valence electrons. The lowest BCUT2D eigenvalue weighted by Gasteiger charge is -2.08. The summed E-state index contributed by atoms with van der Waals surface area (Å²) in [6.07, 6.45) is 7.56. The maximum atomic E-state index is 12.4. The van der Waals surface area contributed by atoms with Crippen LogP contribution in [0.5, 0.6) is 0 Å². The highest BCUT2D eigenvalue weighted by Crippen LogP contribution is 2.39. The summed E-state index contributed by atoms with van der Waals surface area (Å²) in [5, 5.41) is 0. The highest BCUT2D eigenvalue weighted by atomic mass is 16.2. The van der Waals surface area contributed by atoms with Gasteiger partial charge in [0.05, 0.1) is 22.8 Å². The predicted octanol–water partition coefficient (Wildman–Crippen LogP) is 7.72. The second kappa shape index (κ2) is 14.7. The van der Waals surface area contributed by atoms with E-state index in [-0.39, 0.29) is 0 Å². The quantitative estimate of drug-likeness (QED) is 0.0902. The van der Waals surface area contributed by atoms with Crippen LogP contribution >= 0.6 is 0 Å². The maximum Gasteiger partial charge on any atom is 0.248 e. The number of benzene rings is 4. The van der Waals surface area contributed by atoms with Crippen LogP contribution in [0.1, 0.15) is 64.2 Å². The average molecular weight is 787 g/mol. The van der Waals surface area contributed by atoms with Gasteiger partial charge in [-0.1, -0.05) is 48.5 Å². The molecule has 3 aromatic heterocycles. The SMILES string of the molecule is NC(=O)c1cccc(-c2c3nc(c(-c4cccc(C(N)=O)c4)c4ccc([nH]4)c(-c4cccc(C(N)=O)c4)c4nc(c(-c5cccc(C(N)=O)c5)c5ccc2[nH]5)C=C4)C=C3)c1. The normalized spacial score (nSPS) is 11.7. The van der Waals surface area contributed by atoms with Gasteiger partial charge in [0, 0.05) is 66.6 Å². The Balaban J connectivity index is 1.48. The monoisotopic (exact) mass is 786 g/mol. The van der Waals surface area contributed by atoms with Crippen LogP contribution in [-0.4, -0.2) is 43.6 Å². The summed E-state index contributed by atoms with van der Waals surface area (Å²) in [4.78, 5) is 67.4. The van der Waals surface area contributed by atoms with Gasteiger partial charge in [-0.2, -0.15) is 0 Å². The summed E-state index contributed by atoms with van der Waals surface area (Å²) in [5.74, 6) is -2.33. The van der Waals surface area contributed by atoms with E-state index in [0.717, 1.165) is 0 Å². The van der Waals surface area contributed by atoms with Crippen molar-refractivity contribution >= 4 is 70.0 Å². The van der Waals surface area contributed by atoms with Crippen molar-refractivity contribution in [2.24, 2.45) is 22.9 Å². The Labute approximate surface area is 341 Å². The molecule has 2 aliphatic heterocycles. The second-order valence-corrected chi connectivity index (χ2v) is 14.3. The van der Waals surface area contributed by atoms with Crippen molar-refractivity contribution in [2.75, 3.05) is 0 Å². The Morgan fingerprint density at radius 3 is 0.800 bits per heavy atom. The Kier molecular flexibility index (Phi) is 9.06. The van der Waals surface area contributed by atoms with Gasteiger partial charge in [0.25, 0.3) is 0 Å². The molecule has 0 unspecified atom stereocenters. The molecular formula is C48H34N8O4. The fraction of sp³-hybridized carbons (Fsp3) is 0. The van der Waals surface area contributed by atoms with Crippen molar-refractivity contribution in [2.45, 2.75) is 0 Å². The summed E-state index contributed by atoms with van der Waals surface area (Å²) in [5.41, 5.74) is 34.6. The van der Waals surface area contributed by atoms with Crippen LogP contribution in [0.3, 0.4) is 0 Å². The topological polar surface area (TPSA) is 230 Å². The number of hydrogen-bond acceptors (Lipinski definition) is 6. The lowest BCUT2D eigenvalue weighted by atomic mass is 10.0. The zero-order valence-corrected chi connectivity index (χ0v) is 31.7. The third kappa shape index (κ3) is 6.69. The minimum absolute atomic E-state index is 0.317. The molecule has 0 saturated heterocycles. The summed E-state index contributed by atoms with van der Waals surface area (Å²) >= 11 is 0. The third-order valence-electron chi connectivity index (χ3n) is 10.5. The molecule has 0 saturated carbocycles. The second-order valence-electron chi connectivity index (χ2n) is 14.3. The summed E-state index contributed by atoms with van der Waals surface area (Å²) < 4.78 is 0. The number of carbonyl (C=O) groups excluding carboxylic acids is 4. The number of fused-ring (bicyclic) bond motifs is 8. The molecule has 8 bridgehead atoms. The van der Waals surface area contributed by atoms with E-state index in [4.69, 9.17) is 32.9 Å². The third-order valence-corrected chi connectivity index (χ3v) is 10.5. The van der Waals surface area contributed by atoms with Gasteiger partial charge in [-0.3, -0.25) is 19.2 Å². The molecule has 0 atom stereocenters. The molecule has 4 aromatic carbocycles. The van der Waals surface area contributed by atoms with Crippen molar-refractivity contribution in [3.8, 4) is 44.5 Å². The van der Waals surface area contributed by atoms with Gasteiger partial charge in [-0.05, 0) is 119 Å². The van der Waals surface area contributed by atoms with E-state index in [1.165, 1.54) is 0 Å². The number of amides is 4. The fourth-order valence-corrected chi connectivity index (χ4v) is 7.73. The molecule has 2 aliphatic rings. The first-order valence-corrected chi connectivity index (χ1v) is 18.8. The molecule has 0 spiro atoms. The first kappa shape index (κ1) is 37.0. The number of nitrogens with two attached hydrogens (primary N) is 4. The first-order chi connectivity index (χ1) is 29.0. The van der Waals surface area contributed by atoms with Gasteiger partial charge in [0.1, 0.15) is 0 Å². The Morgan fingerprint density at radius 2 is 0.583 bits per heavy atom. The average Bonchev–Trinajstić information content (AvgIpc) is 4.09. The number of aromatic amines is 2. The molecular weight excluding hydrogens is 753 g/mol. The number of primary amides is 4. The van der Waals surface area contributed by atoms with Crippen LogP contribution in [-0.2, 0) is 0 Å². The van der Waals surface area contributed by atoms with Gasteiger partial charge in [-0.25, -0.2) is 9.97 Å². The van der Waals surface area contributed by atoms with Crippen LogP contribution in [0.2, 0.25) is 0 Å². The van der Waals surface area contributed by atoms with E-state index in [1.807, 2.05) is 72.8 Å². The molecule has 60 heavy (non-hydrogen) atoms. The van der Waals surface area contributed by atoms with Crippen LogP contribution in [0.25, 0.3) is 90.9 Å². The summed E-state index contributed by atoms with van der Waals surface area (Å²) in [7, 11) is 0. The molecule has 12 nitrogen and oxygen atoms in total. The van der Waals surface area contributed by atoms with Gasteiger partial charge in [0.15, 0.2) is 0 Å². The zero-order chi connectivity index (χ0) is 41.7. The minimum atomic E-state index is -0.581. The summed E-state index contributed by atoms with van der Waals surface area (Å²) in [6, 6.07) is 35.7. The van der Waals surface area contributed by atoms with Crippen molar-refractivity contribution in [1.82, 2.24) is 19.9 Å². The molecule has 0 fully saturated rings. The van der Waals surface area contributed by atoms with Crippen LogP contribution < -0.4 is 22.9 Å². The van der Waals surface area contributed by atoms with Crippen molar-refractivity contribution < 1.29 is 19.2 Å². The molecule has 0 aliphatic carbocycles. The van der Waals surface area contributed by atoms with Crippen molar-refractivity contribution in [3.63, 3.8) is 0 Å². The minimum Gasteiger partial charge on any atom is -0.366 e. The van der Waals surface area contributed by atoms with Crippen LogP contribution in [0.4, 0.5) is 0 Å². The van der Waals surface area contributed by atoms with E-state index in [1.54, 1.807) is 72.8 Å². The molecule has 12 heteroatoms. The molecule has 0 radical (unpaired) electrons. The maximum absolute atomic E-state index is 12.4. The number of carbonyl (C=O) groups is 4. The Morgan fingerprint density at radius 1 is 0.350 bits per heavy atom. The Bertz CT molecular complexity index is 2820. The van der Waals surface area contributed by atoms with Crippen LogP contribution in [0, 0.1) is 0 Å². The van der Waals surface area contributed by atoms with Crippen molar-refractivity contribution in [3.05, 3.63) is 166 Å². The Hall–Kier alpha value is -8.64. The van der Waals surface area contributed by atoms with Crippen LogP contribution in [0.15, 0.2) is 121 Å². The van der Waals surface area contributed by atoms with E-state index < -0.39 is 23.6 Å². The van der Waals surface area contributed by atoms with E-state index in [9.17, 15) is 19.2 Å². The highest BCUT2D eigenvalue weighted by molar-refractivity contribution is 6.03. The van der Waals surface area contributed by atoms with E-state index >= 15 is 0 Å².